The van der Waals surface area contributed by atoms with Gasteiger partial charge in [0.05, 0.1) is 0 Å². The lowest BCUT2D eigenvalue weighted by Gasteiger charge is -2.36. The molecule has 1 aliphatic rings. The molecule has 0 amide bonds. The maximum absolute atomic E-state index is 12.8. The molecular weight excluding hydrogens is 219 g/mol. The minimum atomic E-state index is -4.21. The number of aromatic nitrogens is 2. The van der Waals surface area contributed by atoms with E-state index in [9.17, 15) is 13.2 Å². The molecule has 88 valence electrons. The van der Waals surface area contributed by atoms with E-state index in [0.29, 0.717) is 13.0 Å². The van der Waals surface area contributed by atoms with Gasteiger partial charge in [-0.3, -0.25) is 0 Å². The molecule has 0 N–H and O–H groups in total. The number of anilines is 1. The molecule has 2 rings (SSSR count). The summed E-state index contributed by atoms with van der Waals surface area (Å²) >= 11 is 0. The molecule has 2 heterocycles. The van der Waals surface area contributed by atoms with Crippen LogP contribution in [0, 0.1) is 0 Å². The smallest absolute Gasteiger partial charge is 0.329 e. The molecule has 1 saturated heterocycles. The number of nitrogens with zero attached hydrogens (tertiary/aromatic N) is 3. The highest BCUT2D eigenvalue weighted by Crippen LogP contribution is 2.33. The number of piperidine rings is 1. The van der Waals surface area contributed by atoms with Crippen molar-refractivity contribution in [2.45, 2.75) is 31.5 Å². The molecule has 0 aromatic carbocycles. The fourth-order valence-electron chi connectivity index (χ4n) is 1.95. The van der Waals surface area contributed by atoms with Crippen LogP contribution in [-0.4, -0.2) is 28.7 Å². The molecule has 0 radical (unpaired) electrons. The van der Waals surface area contributed by atoms with Crippen molar-refractivity contribution in [1.82, 2.24) is 9.97 Å². The lowest BCUT2D eigenvalue weighted by Crippen LogP contribution is -2.49. The summed E-state index contributed by atoms with van der Waals surface area (Å²) in [6, 6.07) is 0.152. The third-order valence-electron chi connectivity index (χ3n) is 2.69. The Kier molecular flexibility index (Phi) is 2.98. The minimum Gasteiger partial charge on any atom is -0.329 e. The van der Waals surface area contributed by atoms with Crippen LogP contribution >= 0.6 is 0 Å². The van der Waals surface area contributed by atoms with Gasteiger partial charge in [-0.15, -0.1) is 0 Å². The molecule has 1 unspecified atom stereocenters. The number of halogens is 3. The Hall–Kier alpha value is -1.33. The summed E-state index contributed by atoms with van der Waals surface area (Å²) in [5, 5.41) is 0. The van der Waals surface area contributed by atoms with Crippen molar-refractivity contribution in [3.8, 4) is 0 Å². The number of alkyl halides is 3. The lowest BCUT2D eigenvalue weighted by atomic mass is 10.0. The van der Waals surface area contributed by atoms with Crippen LogP contribution in [0.2, 0.25) is 0 Å². The first-order chi connectivity index (χ1) is 7.59. The second-order valence-corrected chi connectivity index (χ2v) is 3.80. The van der Waals surface area contributed by atoms with Crippen LogP contribution in [0.4, 0.5) is 19.1 Å². The van der Waals surface area contributed by atoms with Gasteiger partial charge in [-0.1, -0.05) is 0 Å². The van der Waals surface area contributed by atoms with Crippen LogP contribution in [0.25, 0.3) is 0 Å². The maximum Gasteiger partial charge on any atom is 0.408 e. The van der Waals surface area contributed by atoms with E-state index < -0.39 is 12.2 Å². The van der Waals surface area contributed by atoms with E-state index in [2.05, 4.69) is 9.97 Å². The first kappa shape index (κ1) is 11.2. The summed E-state index contributed by atoms with van der Waals surface area (Å²) in [6.45, 7) is 0.369. The van der Waals surface area contributed by atoms with Crippen LogP contribution in [0.1, 0.15) is 19.3 Å². The van der Waals surface area contributed by atoms with Crippen LogP contribution in [-0.2, 0) is 0 Å². The Labute approximate surface area is 91.3 Å². The molecule has 0 bridgehead atoms. The summed E-state index contributed by atoms with van der Waals surface area (Å²) in [7, 11) is 0. The summed E-state index contributed by atoms with van der Waals surface area (Å²) in [5.74, 6) is 0.171. The highest BCUT2D eigenvalue weighted by molar-refractivity contribution is 5.32. The summed E-state index contributed by atoms with van der Waals surface area (Å²) < 4.78 is 38.3. The van der Waals surface area contributed by atoms with Gasteiger partial charge in [-0.25, -0.2) is 9.97 Å². The second-order valence-electron chi connectivity index (χ2n) is 3.80. The second kappa shape index (κ2) is 4.27. The van der Waals surface area contributed by atoms with E-state index in [1.807, 2.05) is 0 Å². The average Bonchev–Trinajstić information content (AvgIpc) is 2.29. The zero-order valence-corrected chi connectivity index (χ0v) is 8.61. The van der Waals surface area contributed by atoms with Gasteiger partial charge in [0.2, 0.25) is 5.95 Å². The van der Waals surface area contributed by atoms with Gasteiger partial charge >= 0.3 is 6.18 Å². The van der Waals surface area contributed by atoms with Crippen LogP contribution in [0.3, 0.4) is 0 Å². The SMILES string of the molecule is FC(F)(F)C1CCCCN1c1ncccn1. The predicted molar refractivity (Wildman–Crippen MR) is 53.1 cm³/mol. The standard InChI is InChI=1S/C10H12F3N3/c11-10(12,13)8-4-1-2-7-16(8)9-14-5-3-6-15-9/h3,5-6,8H,1-2,4,7H2. The number of rotatable bonds is 1. The topological polar surface area (TPSA) is 29.0 Å². The molecular formula is C10H12F3N3. The summed E-state index contributed by atoms with van der Waals surface area (Å²) in [4.78, 5) is 9.02. The van der Waals surface area contributed by atoms with Gasteiger partial charge in [0.1, 0.15) is 6.04 Å². The highest BCUT2D eigenvalue weighted by Gasteiger charge is 2.45. The van der Waals surface area contributed by atoms with Crippen molar-refractivity contribution in [2.24, 2.45) is 0 Å². The Bertz CT molecular complexity index is 339. The van der Waals surface area contributed by atoms with E-state index >= 15 is 0 Å². The van der Waals surface area contributed by atoms with Crippen molar-refractivity contribution >= 4 is 5.95 Å². The monoisotopic (exact) mass is 231 g/mol. The highest BCUT2D eigenvalue weighted by atomic mass is 19.4. The summed E-state index contributed by atoms with van der Waals surface area (Å²) in [6.07, 6.45) is 0.203. The number of hydrogen-bond donors (Lipinski definition) is 0. The number of hydrogen-bond acceptors (Lipinski definition) is 3. The van der Waals surface area contributed by atoms with Crippen LogP contribution in [0.15, 0.2) is 18.5 Å². The van der Waals surface area contributed by atoms with Crippen LogP contribution in [0.5, 0.6) is 0 Å². The van der Waals surface area contributed by atoms with E-state index in [0.717, 1.165) is 6.42 Å². The van der Waals surface area contributed by atoms with Crippen molar-refractivity contribution in [1.29, 1.82) is 0 Å². The average molecular weight is 231 g/mol. The minimum absolute atomic E-state index is 0.127. The van der Waals surface area contributed by atoms with Crippen molar-refractivity contribution in [3.63, 3.8) is 0 Å². The Morgan fingerprint density at radius 3 is 2.50 bits per heavy atom. The Morgan fingerprint density at radius 2 is 1.88 bits per heavy atom. The van der Waals surface area contributed by atoms with E-state index in [1.165, 1.54) is 17.3 Å². The van der Waals surface area contributed by atoms with E-state index in [-0.39, 0.29) is 12.4 Å². The lowest BCUT2D eigenvalue weighted by molar-refractivity contribution is -0.152. The molecule has 1 aromatic heterocycles. The van der Waals surface area contributed by atoms with Gasteiger partial charge in [0.15, 0.2) is 0 Å². The molecule has 0 spiro atoms. The largest absolute Gasteiger partial charge is 0.408 e. The molecule has 6 heteroatoms. The fraction of sp³-hybridized carbons (Fsp3) is 0.600. The normalized spacial score (nSPS) is 22.2. The summed E-state index contributed by atoms with van der Waals surface area (Å²) in [5.41, 5.74) is 0. The third-order valence-corrected chi connectivity index (χ3v) is 2.69. The van der Waals surface area contributed by atoms with Crippen molar-refractivity contribution < 1.29 is 13.2 Å². The fourth-order valence-corrected chi connectivity index (χ4v) is 1.95. The zero-order chi connectivity index (χ0) is 11.6. The molecule has 1 aromatic rings. The van der Waals surface area contributed by atoms with E-state index in [4.69, 9.17) is 0 Å². The van der Waals surface area contributed by atoms with Gasteiger partial charge in [-0.2, -0.15) is 13.2 Å². The predicted octanol–water partition coefficient (Wildman–Crippen LogP) is 2.40. The first-order valence-electron chi connectivity index (χ1n) is 5.19. The quantitative estimate of drug-likeness (QED) is 0.743. The molecule has 1 aliphatic heterocycles. The zero-order valence-electron chi connectivity index (χ0n) is 8.61. The molecule has 1 atom stereocenters. The molecule has 1 fully saturated rings. The molecule has 3 nitrogen and oxygen atoms in total. The first-order valence-corrected chi connectivity index (χ1v) is 5.19. The van der Waals surface area contributed by atoms with Gasteiger partial charge in [0.25, 0.3) is 0 Å². The van der Waals surface area contributed by atoms with Crippen LogP contribution < -0.4 is 4.90 Å². The molecule has 0 saturated carbocycles. The van der Waals surface area contributed by atoms with Gasteiger partial charge in [-0.05, 0) is 25.3 Å². The Balaban J connectivity index is 2.24. The molecule has 16 heavy (non-hydrogen) atoms. The third kappa shape index (κ3) is 2.25. The van der Waals surface area contributed by atoms with Gasteiger partial charge < -0.3 is 4.90 Å². The van der Waals surface area contributed by atoms with Crippen molar-refractivity contribution in [3.05, 3.63) is 18.5 Å². The molecule has 0 aliphatic carbocycles. The van der Waals surface area contributed by atoms with Gasteiger partial charge in [0, 0.05) is 18.9 Å². The van der Waals surface area contributed by atoms with Crippen molar-refractivity contribution in [2.75, 3.05) is 11.4 Å². The van der Waals surface area contributed by atoms with E-state index in [1.54, 1.807) is 6.07 Å². The Morgan fingerprint density at radius 1 is 1.19 bits per heavy atom. The maximum atomic E-state index is 12.8.